The fraction of sp³-hybridized carbons (Fsp3) is 0.394. The molecule has 10 heteroatoms. The summed E-state index contributed by atoms with van der Waals surface area (Å²) >= 11 is 1.72. The van der Waals surface area contributed by atoms with Gasteiger partial charge >= 0.3 is 6.01 Å². The van der Waals surface area contributed by atoms with Crippen LogP contribution in [0.3, 0.4) is 0 Å². The van der Waals surface area contributed by atoms with E-state index >= 15 is 0 Å². The van der Waals surface area contributed by atoms with Crippen molar-refractivity contribution in [2.75, 3.05) is 44.2 Å². The Labute approximate surface area is 254 Å². The lowest BCUT2D eigenvalue weighted by atomic mass is 9.95. The summed E-state index contributed by atoms with van der Waals surface area (Å²) in [5.41, 5.74) is 2.63. The van der Waals surface area contributed by atoms with Crippen molar-refractivity contribution in [3.05, 3.63) is 60.5 Å². The first-order valence-corrected chi connectivity index (χ1v) is 15.7. The van der Waals surface area contributed by atoms with Crippen LogP contribution >= 0.6 is 11.3 Å². The van der Waals surface area contributed by atoms with Gasteiger partial charge in [0.2, 0.25) is 5.91 Å². The molecule has 3 saturated heterocycles. The van der Waals surface area contributed by atoms with Gasteiger partial charge in [0.1, 0.15) is 18.6 Å². The van der Waals surface area contributed by atoms with Gasteiger partial charge in [-0.3, -0.25) is 9.69 Å². The summed E-state index contributed by atoms with van der Waals surface area (Å²) in [7, 11) is 0. The normalized spacial score (nSPS) is 23.9. The number of alkyl halides is 1. The number of nitrogens with zero attached hydrogens (tertiary/aromatic N) is 6. The minimum atomic E-state index is -0.842. The van der Waals surface area contributed by atoms with Crippen molar-refractivity contribution in [3.8, 4) is 23.2 Å². The van der Waals surface area contributed by atoms with Gasteiger partial charge in [-0.05, 0) is 65.6 Å². The number of halogens is 1. The van der Waals surface area contributed by atoms with Crippen LogP contribution in [-0.2, 0) is 4.79 Å². The van der Waals surface area contributed by atoms with Gasteiger partial charge in [0, 0.05) is 42.7 Å². The molecule has 3 aliphatic rings. The van der Waals surface area contributed by atoms with Crippen LogP contribution < -0.4 is 9.64 Å². The SMILES string of the molecule is C=CC(=O)N1CCN(c2nc(OCC34CCCN3C[C@H](F)C4)nc3cc(-c4cccc5ccsc45)ccc23)C[C@@H]1CC#N. The number of nitriles is 1. The lowest BCUT2D eigenvalue weighted by molar-refractivity contribution is -0.128. The molecule has 2 aromatic carbocycles. The summed E-state index contributed by atoms with van der Waals surface area (Å²) in [6.45, 7) is 6.77. The van der Waals surface area contributed by atoms with Gasteiger partial charge in [0.05, 0.1) is 29.6 Å². The number of carbonyl (C=O) groups excluding carboxylic acids is 1. The number of hydrogen-bond donors (Lipinski definition) is 0. The summed E-state index contributed by atoms with van der Waals surface area (Å²) in [6, 6.07) is 16.9. The van der Waals surface area contributed by atoms with E-state index in [0.29, 0.717) is 45.0 Å². The molecule has 43 heavy (non-hydrogen) atoms. The zero-order valence-electron chi connectivity index (χ0n) is 23.9. The smallest absolute Gasteiger partial charge is 0.319 e. The molecule has 3 atom stereocenters. The van der Waals surface area contributed by atoms with Crippen LogP contribution in [0.1, 0.15) is 25.7 Å². The van der Waals surface area contributed by atoms with Crippen molar-refractivity contribution in [2.45, 2.75) is 43.4 Å². The third kappa shape index (κ3) is 5.00. The molecule has 1 amide bonds. The highest BCUT2D eigenvalue weighted by atomic mass is 32.1. The Kier molecular flexibility index (Phi) is 7.23. The van der Waals surface area contributed by atoms with Crippen LogP contribution in [0, 0.1) is 11.3 Å². The first-order chi connectivity index (χ1) is 21.0. The second-order valence-electron chi connectivity index (χ2n) is 11.8. The average molecular weight is 597 g/mol. The highest BCUT2D eigenvalue weighted by Gasteiger charge is 2.49. The molecule has 4 aromatic rings. The largest absolute Gasteiger partial charge is 0.461 e. The molecule has 0 bridgehead atoms. The van der Waals surface area contributed by atoms with Crippen molar-refractivity contribution >= 4 is 44.1 Å². The molecule has 0 N–H and O–H groups in total. The molecule has 8 nitrogen and oxygen atoms in total. The van der Waals surface area contributed by atoms with Gasteiger partial charge in [0.15, 0.2) is 0 Å². The summed E-state index contributed by atoms with van der Waals surface area (Å²) in [6.07, 6.45) is 3.07. The molecule has 0 spiro atoms. The number of anilines is 1. The van der Waals surface area contributed by atoms with Crippen LogP contribution in [-0.4, -0.2) is 82.8 Å². The Morgan fingerprint density at radius 1 is 1.21 bits per heavy atom. The highest BCUT2D eigenvalue weighted by Crippen LogP contribution is 2.41. The predicted molar refractivity (Wildman–Crippen MR) is 167 cm³/mol. The van der Waals surface area contributed by atoms with E-state index in [1.807, 2.05) is 0 Å². The molecule has 3 aliphatic heterocycles. The lowest BCUT2D eigenvalue weighted by Crippen LogP contribution is -2.55. The van der Waals surface area contributed by atoms with Crippen LogP contribution in [0.25, 0.3) is 32.1 Å². The van der Waals surface area contributed by atoms with E-state index in [-0.39, 0.29) is 29.9 Å². The highest BCUT2D eigenvalue weighted by molar-refractivity contribution is 7.17. The first kappa shape index (κ1) is 27.7. The number of benzene rings is 2. The maximum atomic E-state index is 14.4. The molecule has 1 unspecified atom stereocenters. The standard InChI is InChI=1S/C33H33FN6O2S/c1-2-29(41)40-15-14-38(20-25(40)9-12-35)31-27-8-7-23(26-6-3-5-22-10-16-43-30(22)26)17-28(27)36-32(37-31)42-21-33-11-4-13-39(33)19-24(34)18-33/h2-3,5-8,10,16-17,24-25H,1,4,9,11,13-15,18-21H2/t24-,25+,33?/m1/s1. The van der Waals surface area contributed by atoms with Gasteiger partial charge in [-0.25, -0.2) is 4.39 Å². The molecule has 5 heterocycles. The van der Waals surface area contributed by atoms with E-state index in [4.69, 9.17) is 14.7 Å². The average Bonchev–Trinajstić information content (AvgIpc) is 3.73. The van der Waals surface area contributed by atoms with Crippen molar-refractivity contribution in [1.29, 1.82) is 5.26 Å². The van der Waals surface area contributed by atoms with E-state index in [2.05, 4.69) is 70.3 Å². The zero-order valence-corrected chi connectivity index (χ0v) is 24.7. The van der Waals surface area contributed by atoms with Crippen LogP contribution in [0.15, 0.2) is 60.5 Å². The van der Waals surface area contributed by atoms with Gasteiger partial charge < -0.3 is 14.5 Å². The number of amides is 1. The van der Waals surface area contributed by atoms with E-state index in [9.17, 15) is 14.4 Å². The number of fused-ring (bicyclic) bond motifs is 3. The van der Waals surface area contributed by atoms with Crippen molar-refractivity contribution < 1.29 is 13.9 Å². The second kappa shape index (κ2) is 11.2. The first-order valence-electron chi connectivity index (χ1n) is 14.8. The zero-order chi connectivity index (χ0) is 29.6. The Balaban J connectivity index is 1.28. The minimum Gasteiger partial charge on any atom is -0.461 e. The Hall–Kier alpha value is -4.07. The summed E-state index contributed by atoms with van der Waals surface area (Å²) in [5.74, 6) is 0.539. The van der Waals surface area contributed by atoms with Crippen LogP contribution in [0.5, 0.6) is 6.01 Å². The number of ether oxygens (including phenoxy) is 1. The van der Waals surface area contributed by atoms with Gasteiger partial charge in [-0.15, -0.1) is 11.3 Å². The molecule has 220 valence electrons. The quantitative estimate of drug-likeness (QED) is 0.258. The maximum absolute atomic E-state index is 14.4. The van der Waals surface area contributed by atoms with Gasteiger partial charge in [-0.2, -0.15) is 15.2 Å². The molecule has 0 saturated carbocycles. The number of hydrogen-bond acceptors (Lipinski definition) is 8. The third-order valence-corrected chi connectivity index (χ3v) is 10.2. The number of aromatic nitrogens is 2. The monoisotopic (exact) mass is 596 g/mol. The summed E-state index contributed by atoms with van der Waals surface area (Å²) in [5, 5.41) is 13.7. The van der Waals surface area contributed by atoms with Crippen molar-refractivity contribution in [1.82, 2.24) is 19.8 Å². The maximum Gasteiger partial charge on any atom is 0.319 e. The Bertz CT molecular complexity index is 1750. The molecule has 0 aliphatic carbocycles. The molecule has 0 radical (unpaired) electrons. The van der Waals surface area contributed by atoms with Crippen molar-refractivity contribution in [2.24, 2.45) is 0 Å². The van der Waals surface area contributed by atoms with E-state index in [0.717, 1.165) is 41.4 Å². The summed E-state index contributed by atoms with van der Waals surface area (Å²) < 4.78 is 22.0. The number of carbonyl (C=O) groups is 1. The van der Waals surface area contributed by atoms with Crippen molar-refractivity contribution in [3.63, 3.8) is 0 Å². The number of rotatable bonds is 7. The number of thiophene rings is 1. The van der Waals surface area contributed by atoms with Gasteiger partial charge in [-0.1, -0.05) is 30.8 Å². The Morgan fingerprint density at radius 2 is 2.12 bits per heavy atom. The number of piperazine rings is 1. The fourth-order valence-electron chi connectivity index (χ4n) is 7.17. The van der Waals surface area contributed by atoms with E-state index in [1.165, 1.54) is 16.2 Å². The van der Waals surface area contributed by atoms with E-state index in [1.54, 1.807) is 16.2 Å². The lowest BCUT2D eigenvalue weighted by Gasteiger charge is -2.41. The van der Waals surface area contributed by atoms with Crippen LogP contribution in [0.4, 0.5) is 10.2 Å². The topological polar surface area (TPSA) is 85.6 Å². The molecule has 2 aromatic heterocycles. The Morgan fingerprint density at radius 3 is 2.98 bits per heavy atom. The van der Waals surface area contributed by atoms with E-state index < -0.39 is 6.17 Å². The second-order valence-corrected chi connectivity index (χ2v) is 12.7. The minimum absolute atomic E-state index is 0.174. The molecule has 3 fully saturated rings. The fourth-order valence-corrected chi connectivity index (χ4v) is 8.10. The summed E-state index contributed by atoms with van der Waals surface area (Å²) in [4.78, 5) is 28.4. The third-order valence-electron chi connectivity index (χ3n) is 9.24. The molecular weight excluding hydrogens is 563 g/mol. The predicted octanol–water partition coefficient (Wildman–Crippen LogP) is 5.58. The van der Waals surface area contributed by atoms with Crippen LogP contribution in [0.2, 0.25) is 0 Å². The van der Waals surface area contributed by atoms with Gasteiger partial charge in [0.25, 0.3) is 0 Å². The molecular formula is C33H33FN6O2S. The molecule has 7 rings (SSSR count).